The second kappa shape index (κ2) is 12.2. The molecule has 0 fully saturated rings. The zero-order valence-corrected chi connectivity index (χ0v) is 22.8. The van der Waals surface area contributed by atoms with Crippen LogP contribution >= 0.6 is 0 Å². The highest BCUT2D eigenvalue weighted by atomic mass is 16.5. The molecule has 0 saturated heterocycles. The Bertz CT molecular complexity index is 1200. The van der Waals surface area contributed by atoms with E-state index in [4.69, 9.17) is 4.74 Å². The van der Waals surface area contributed by atoms with Crippen LogP contribution in [0.2, 0.25) is 0 Å². The average molecular weight is 485 g/mol. The molecule has 0 spiro atoms. The van der Waals surface area contributed by atoms with Crippen LogP contribution in [0.4, 0.5) is 0 Å². The highest BCUT2D eigenvalue weighted by Crippen LogP contribution is 2.30. The molecule has 0 aliphatic carbocycles. The van der Waals surface area contributed by atoms with Gasteiger partial charge in [-0.25, -0.2) is 0 Å². The number of hydrogen-bond donors (Lipinski definition) is 0. The van der Waals surface area contributed by atoms with Gasteiger partial charge in [-0.1, -0.05) is 60.7 Å². The molecular weight excluding hydrogens is 444 g/mol. The first kappa shape index (κ1) is 27.4. The van der Waals surface area contributed by atoms with Gasteiger partial charge in [-0.05, 0) is 94.9 Å². The minimum Gasteiger partial charge on any atom is -0.491 e. The molecule has 0 aromatic heterocycles. The molecule has 3 aromatic rings. The van der Waals surface area contributed by atoms with Crippen molar-refractivity contribution in [3.05, 3.63) is 95.1 Å². The van der Waals surface area contributed by atoms with Crippen molar-refractivity contribution in [2.45, 2.75) is 39.8 Å². The van der Waals surface area contributed by atoms with Crippen LogP contribution < -0.4 is 4.74 Å². The fourth-order valence-electron chi connectivity index (χ4n) is 3.98. The van der Waals surface area contributed by atoms with Gasteiger partial charge in [0.25, 0.3) is 0 Å². The number of carbonyl (C=O) groups excluding carboxylic acids is 1. The molecule has 0 aliphatic rings. The summed E-state index contributed by atoms with van der Waals surface area (Å²) in [5, 5.41) is 0. The van der Waals surface area contributed by atoms with Gasteiger partial charge < -0.3 is 9.64 Å². The maximum atomic E-state index is 13.5. The maximum absolute atomic E-state index is 13.5. The first-order valence-electron chi connectivity index (χ1n) is 12.6. The maximum Gasteiger partial charge on any atom is 0.189 e. The van der Waals surface area contributed by atoms with Crippen molar-refractivity contribution in [1.82, 2.24) is 9.80 Å². The van der Waals surface area contributed by atoms with E-state index in [2.05, 4.69) is 62.7 Å². The Hall–Kier alpha value is -3.21. The first-order chi connectivity index (χ1) is 17.1. The lowest BCUT2D eigenvalue weighted by Gasteiger charge is -2.31. The second-order valence-corrected chi connectivity index (χ2v) is 10.6. The van der Waals surface area contributed by atoms with Crippen LogP contribution in [-0.2, 0) is 6.54 Å². The van der Waals surface area contributed by atoms with Gasteiger partial charge in [-0.3, -0.25) is 9.69 Å². The van der Waals surface area contributed by atoms with E-state index in [9.17, 15) is 4.79 Å². The second-order valence-electron chi connectivity index (χ2n) is 10.6. The van der Waals surface area contributed by atoms with Crippen LogP contribution in [0, 0.1) is 6.92 Å². The molecule has 190 valence electrons. The molecule has 0 aliphatic heterocycles. The van der Waals surface area contributed by atoms with Crippen LogP contribution in [-0.4, -0.2) is 55.4 Å². The number of ketones is 1. The van der Waals surface area contributed by atoms with Crippen molar-refractivity contribution < 1.29 is 9.53 Å². The van der Waals surface area contributed by atoms with Crippen molar-refractivity contribution in [1.29, 1.82) is 0 Å². The lowest BCUT2D eigenvalue weighted by molar-refractivity contribution is 0.104. The predicted molar refractivity (Wildman–Crippen MR) is 152 cm³/mol. The normalized spacial score (nSPS) is 12.0. The summed E-state index contributed by atoms with van der Waals surface area (Å²) in [5.74, 6) is 0.551. The fraction of sp³-hybridized carbons (Fsp3) is 0.344. The summed E-state index contributed by atoms with van der Waals surface area (Å²) < 4.78 is 6.17. The zero-order valence-electron chi connectivity index (χ0n) is 22.8. The van der Waals surface area contributed by atoms with Crippen molar-refractivity contribution >= 4 is 11.9 Å². The monoisotopic (exact) mass is 484 g/mol. The van der Waals surface area contributed by atoms with Gasteiger partial charge in [0.05, 0.1) is 5.56 Å². The van der Waals surface area contributed by atoms with Gasteiger partial charge in [0.1, 0.15) is 12.4 Å². The third kappa shape index (κ3) is 7.39. The van der Waals surface area contributed by atoms with E-state index in [1.807, 2.05) is 68.7 Å². The highest BCUT2D eigenvalue weighted by Gasteiger charge is 2.18. The number of nitrogens with zero attached hydrogens (tertiary/aromatic N) is 2. The van der Waals surface area contributed by atoms with E-state index in [-0.39, 0.29) is 11.3 Å². The number of benzene rings is 3. The third-order valence-corrected chi connectivity index (χ3v) is 6.49. The lowest BCUT2D eigenvalue weighted by Crippen LogP contribution is -2.40. The van der Waals surface area contributed by atoms with E-state index < -0.39 is 0 Å². The molecule has 3 rings (SSSR count). The first-order valence-corrected chi connectivity index (χ1v) is 12.6. The minimum absolute atomic E-state index is 0.0549. The molecule has 4 nitrogen and oxygen atoms in total. The molecular formula is C32H40N2O2. The molecule has 0 amide bonds. The Labute approximate surface area is 217 Å². The molecule has 0 N–H and O–H groups in total. The fourth-order valence-corrected chi connectivity index (χ4v) is 3.98. The number of rotatable bonds is 10. The Morgan fingerprint density at radius 2 is 1.64 bits per heavy atom. The summed E-state index contributed by atoms with van der Waals surface area (Å²) in [6.45, 7) is 10.7. The average Bonchev–Trinajstić information content (AvgIpc) is 2.83. The topological polar surface area (TPSA) is 32.8 Å². The molecule has 0 atom stereocenters. The molecule has 36 heavy (non-hydrogen) atoms. The summed E-state index contributed by atoms with van der Waals surface area (Å²) in [4.78, 5) is 17.9. The number of ether oxygens (including phenoxy) is 1. The van der Waals surface area contributed by atoms with Crippen LogP contribution in [0.1, 0.15) is 47.8 Å². The third-order valence-electron chi connectivity index (χ3n) is 6.49. The largest absolute Gasteiger partial charge is 0.491 e. The quantitative estimate of drug-likeness (QED) is 0.236. The van der Waals surface area contributed by atoms with Crippen LogP contribution in [0.25, 0.3) is 17.2 Å². The SMILES string of the molecule is Cc1ccccc1-c1ccc(OCCN(C)C(C)(C)C)c(C(=O)C=Cc2ccccc2CN(C)C)c1. The van der Waals surface area contributed by atoms with Crippen LogP contribution in [0.3, 0.4) is 0 Å². The van der Waals surface area contributed by atoms with E-state index in [1.54, 1.807) is 6.08 Å². The van der Waals surface area contributed by atoms with Gasteiger partial charge in [-0.15, -0.1) is 0 Å². The van der Waals surface area contributed by atoms with Gasteiger partial charge >= 0.3 is 0 Å². The summed E-state index contributed by atoms with van der Waals surface area (Å²) in [6, 6.07) is 22.3. The standard InChI is InChI=1S/C32H40N2O2/c1-24-12-8-11-15-28(24)26-17-19-31(36-21-20-34(7)32(2,3)4)29(22-26)30(35)18-16-25-13-9-10-14-27(25)23-33(5)6/h8-19,22H,20-21,23H2,1-7H3. The van der Waals surface area contributed by atoms with E-state index in [1.165, 1.54) is 11.1 Å². The number of carbonyl (C=O) groups is 1. The molecule has 4 heteroatoms. The molecule has 0 unspecified atom stereocenters. The van der Waals surface area contributed by atoms with E-state index in [0.29, 0.717) is 17.9 Å². The van der Waals surface area contributed by atoms with Crippen molar-refractivity contribution in [2.75, 3.05) is 34.3 Å². The van der Waals surface area contributed by atoms with Crippen LogP contribution in [0.15, 0.2) is 72.8 Å². The summed E-state index contributed by atoms with van der Waals surface area (Å²) in [7, 11) is 6.18. The molecule has 0 radical (unpaired) electrons. The smallest absolute Gasteiger partial charge is 0.189 e. The van der Waals surface area contributed by atoms with Crippen molar-refractivity contribution in [3.8, 4) is 16.9 Å². The summed E-state index contributed by atoms with van der Waals surface area (Å²) in [6.07, 6.45) is 3.58. The van der Waals surface area contributed by atoms with E-state index in [0.717, 1.165) is 29.8 Å². The van der Waals surface area contributed by atoms with Gasteiger partial charge in [0.15, 0.2) is 5.78 Å². The Morgan fingerprint density at radius 1 is 0.944 bits per heavy atom. The number of hydrogen-bond acceptors (Lipinski definition) is 4. The Kier molecular flexibility index (Phi) is 9.25. The van der Waals surface area contributed by atoms with Crippen LogP contribution in [0.5, 0.6) is 5.75 Å². The van der Waals surface area contributed by atoms with Crippen molar-refractivity contribution in [3.63, 3.8) is 0 Å². The highest BCUT2D eigenvalue weighted by molar-refractivity contribution is 6.09. The lowest BCUT2D eigenvalue weighted by atomic mass is 9.96. The molecule has 0 bridgehead atoms. The number of likely N-dealkylation sites (N-methyl/N-ethyl adjacent to an activating group) is 1. The number of aryl methyl sites for hydroxylation is 1. The Balaban J connectivity index is 1.92. The van der Waals surface area contributed by atoms with Gasteiger partial charge in [-0.2, -0.15) is 0 Å². The molecule has 0 heterocycles. The van der Waals surface area contributed by atoms with Crippen molar-refractivity contribution in [2.24, 2.45) is 0 Å². The van der Waals surface area contributed by atoms with Gasteiger partial charge in [0.2, 0.25) is 0 Å². The minimum atomic E-state index is -0.0655. The Morgan fingerprint density at radius 3 is 2.33 bits per heavy atom. The molecule has 0 saturated carbocycles. The van der Waals surface area contributed by atoms with Gasteiger partial charge in [0, 0.05) is 18.6 Å². The summed E-state index contributed by atoms with van der Waals surface area (Å²) >= 11 is 0. The van der Waals surface area contributed by atoms with E-state index >= 15 is 0 Å². The zero-order chi connectivity index (χ0) is 26.3. The predicted octanol–water partition coefficient (Wildman–Crippen LogP) is 6.73. The molecule has 3 aromatic carbocycles. The summed E-state index contributed by atoms with van der Waals surface area (Å²) in [5.41, 5.74) is 6.16. The number of allylic oxidation sites excluding steroid dienone is 1.